The zero-order valence-electron chi connectivity index (χ0n) is 14.1. The summed E-state index contributed by atoms with van der Waals surface area (Å²) in [6.45, 7) is 4.33. The molecular weight excluding hydrogens is 322 g/mol. The first-order valence-corrected chi connectivity index (χ1v) is 8.82. The molecule has 25 heavy (non-hydrogen) atoms. The van der Waals surface area contributed by atoms with Crippen LogP contribution in [0.2, 0.25) is 0 Å². The van der Waals surface area contributed by atoms with Gasteiger partial charge >= 0.3 is 5.97 Å². The first kappa shape index (κ1) is 16.4. The number of likely N-dealkylation sites (tertiary alicyclic amines) is 2. The number of carboxylic acid groups (broad SMARTS) is 1. The number of rotatable bonds is 4. The summed E-state index contributed by atoms with van der Waals surface area (Å²) in [5, 5.41) is 23.6. The molecular formula is C17H23N5O3. The molecule has 2 saturated heterocycles. The summed E-state index contributed by atoms with van der Waals surface area (Å²) in [5.74, 6) is -1.03. The van der Waals surface area contributed by atoms with Crippen molar-refractivity contribution >= 4 is 11.6 Å². The second-order valence-electron chi connectivity index (χ2n) is 7.02. The minimum Gasteiger partial charge on any atom is -0.477 e. The Labute approximate surface area is 145 Å². The van der Waals surface area contributed by atoms with Gasteiger partial charge < -0.3 is 10.2 Å². The number of carboxylic acids is 1. The van der Waals surface area contributed by atoms with Crippen LogP contribution in [0.1, 0.15) is 35.2 Å². The molecule has 2 aromatic rings. The number of aliphatic hydroxyl groups excluding tert-OH is 1. The van der Waals surface area contributed by atoms with E-state index < -0.39 is 5.97 Å². The molecule has 134 valence electrons. The van der Waals surface area contributed by atoms with Crippen LogP contribution in [0.15, 0.2) is 18.6 Å². The van der Waals surface area contributed by atoms with E-state index in [1.54, 1.807) is 6.20 Å². The molecule has 0 spiro atoms. The van der Waals surface area contributed by atoms with Gasteiger partial charge in [-0.05, 0) is 25.9 Å². The number of nitrogens with zero attached hydrogens (tertiary/aromatic N) is 5. The standard InChI is InChI=1S/C17H23N5O3/c23-15-11-20(10-14(15)21-4-2-1-3-5-21)8-12-6-18-16-13(17(24)25)7-19-22(16)9-12/h6-7,9,14-15,23H,1-5,8,10-11H2,(H,24,25)/t14-,15-/m0/s1. The van der Waals surface area contributed by atoms with Crippen LogP contribution in [-0.4, -0.2) is 78.9 Å². The number of carbonyl (C=O) groups is 1. The van der Waals surface area contributed by atoms with Gasteiger partial charge in [0.05, 0.1) is 12.3 Å². The highest BCUT2D eigenvalue weighted by atomic mass is 16.4. The number of hydrogen-bond acceptors (Lipinski definition) is 6. The van der Waals surface area contributed by atoms with E-state index in [-0.39, 0.29) is 17.7 Å². The zero-order valence-corrected chi connectivity index (χ0v) is 14.1. The van der Waals surface area contributed by atoms with Gasteiger partial charge in [0.1, 0.15) is 5.56 Å². The lowest BCUT2D eigenvalue weighted by atomic mass is 10.1. The van der Waals surface area contributed by atoms with Crippen molar-refractivity contribution in [3.8, 4) is 0 Å². The molecule has 0 unspecified atom stereocenters. The van der Waals surface area contributed by atoms with Crippen LogP contribution in [-0.2, 0) is 6.54 Å². The predicted octanol–water partition coefficient (Wildman–Crippen LogP) is 0.458. The van der Waals surface area contributed by atoms with E-state index in [4.69, 9.17) is 5.11 Å². The average Bonchev–Trinajstić information content (AvgIpc) is 3.19. The number of piperidine rings is 1. The van der Waals surface area contributed by atoms with Gasteiger partial charge in [0.15, 0.2) is 5.65 Å². The normalized spacial score (nSPS) is 25.6. The van der Waals surface area contributed by atoms with Crippen LogP contribution < -0.4 is 0 Å². The van der Waals surface area contributed by atoms with E-state index in [0.29, 0.717) is 18.7 Å². The fourth-order valence-corrected chi connectivity index (χ4v) is 3.99. The molecule has 2 fully saturated rings. The predicted molar refractivity (Wildman–Crippen MR) is 90.4 cm³/mol. The van der Waals surface area contributed by atoms with Crippen LogP contribution in [0, 0.1) is 0 Å². The van der Waals surface area contributed by atoms with Gasteiger partial charge in [-0.2, -0.15) is 5.10 Å². The summed E-state index contributed by atoms with van der Waals surface area (Å²) < 4.78 is 1.51. The minimum atomic E-state index is -1.03. The van der Waals surface area contributed by atoms with Gasteiger partial charge in [-0.15, -0.1) is 0 Å². The number of aliphatic hydroxyl groups is 1. The van der Waals surface area contributed by atoms with Crippen LogP contribution in [0.5, 0.6) is 0 Å². The van der Waals surface area contributed by atoms with Crippen molar-refractivity contribution in [3.05, 3.63) is 29.7 Å². The van der Waals surface area contributed by atoms with E-state index in [9.17, 15) is 9.90 Å². The van der Waals surface area contributed by atoms with Gasteiger partial charge in [-0.1, -0.05) is 6.42 Å². The molecule has 8 nitrogen and oxygen atoms in total. The molecule has 0 bridgehead atoms. The minimum absolute atomic E-state index is 0.105. The summed E-state index contributed by atoms with van der Waals surface area (Å²) >= 11 is 0. The van der Waals surface area contributed by atoms with Crippen LogP contribution >= 0.6 is 0 Å². The smallest absolute Gasteiger partial charge is 0.341 e. The molecule has 0 saturated carbocycles. The Balaban J connectivity index is 1.45. The van der Waals surface area contributed by atoms with Crippen LogP contribution in [0.25, 0.3) is 5.65 Å². The molecule has 2 aliphatic rings. The molecule has 2 aromatic heterocycles. The van der Waals surface area contributed by atoms with E-state index >= 15 is 0 Å². The van der Waals surface area contributed by atoms with Crippen molar-refractivity contribution < 1.29 is 15.0 Å². The Kier molecular flexibility index (Phi) is 4.41. The van der Waals surface area contributed by atoms with Crippen molar-refractivity contribution in [1.82, 2.24) is 24.4 Å². The lowest BCUT2D eigenvalue weighted by Crippen LogP contribution is -2.45. The largest absolute Gasteiger partial charge is 0.477 e. The van der Waals surface area contributed by atoms with Crippen molar-refractivity contribution in [1.29, 1.82) is 0 Å². The van der Waals surface area contributed by atoms with Crippen molar-refractivity contribution in [2.45, 2.75) is 38.0 Å². The molecule has 0 amide bonds. The van der Waals surface area contributed by atoms with Gasteiger partial charge in [-0.3, -0.25) is 9.80 Å². The van der Waals surface area contributed by atoms with Gasteiger partial charge in [0.25, 0.3) is 0 Å². The highest BCUT2D eigenvalue weighted by Gasteiger charge is 2.35. The fraction of sp³-hybridized carbons (Fsp3) is 0.588. The highest BCUT2D eigenvalue weighted by molar-refractivity contribution is 5.93. The fourth-order valence-electron chi connectivity index (χ4n) is 3.99. The van der Waals surface area contributed by atoms with Crippen LogP contribution in [0.4, 0.5) is 0 Å². The van der Waals surface area contributed by atoms with Crippen molar-refractivity contribution in [2.75, 3.05) is 26.2 Å². The molecule has 0 aliphatic carbocycles. The highest BCUT2D eigenvalue weighted by Crippen LogP contribution is 2.22. The molecule has 0 radical (unpaired) electrons. The summed E-state index contributed by atoms with van der Waals surface area (Å²) in [7, 11) is 0. The number of hydrogen-bond donors (Lipinski definition) is 2. The van der Waals surface area contributed by atoms with Crippen LogP contribution in [0.3, 0.4) is 0 Å². The first-order valence-electron chi connectivity index (χ1n) is 8.82. The molecule has 8 heteroatoms. The lowest BCUT2D eigenvalue weighted by molar-refractivity contribution is 0.0697. The molecule has 2 N–H and O–H groups in total. The quantitative estimate of drug-likeness (QED) is 0.831. The molecule has 0 aromatic carbocycles. The third kappa shape index (κ3) is 3.24. The molecule has 2 aliphatic heterocycles. The maximum absolute atomic E-state index is 11.1. The van der Waals surface area contributed by atoms with E-state index in [2.05, 4.69) is 19.9 Å². The number of fused-ring (bicyclic) bond motifs is 1. The molecule has 2 atom stereocenters. The molecule has 4 rings (SSSR count). The lowest BCUT2D eigenvalue weighted by Gasteiger charge is -2.33. The SMILES string of the molecule is O=C(O)c1cnn2cc(CN3C[C@H](O)[C@@H](N4CCCCC4)C3)cnc12. The first-order chi connectivity index (χ1) is 12.1. The topological polar surface area (TPSA) is 94.2 Å². The Hall–Kier alpha value is -2.03. The molecule has 4 heterocycles. The van der Waals surface area contributed by atoms with E-state index in [1.165, 1.54) is 30.0 Å². The van der Waals surface area contributed by atoms with E-state index in [1.807, 2.05) is 6.20 Å². The number of aromatic nitrogens is 3. The Bertz CT molecular complexity index is 771. The number of aromatic carboxylic acids is 1. The maximum Gasteiger partial charge on any atom is 0.341 e. The van der Waals surface area contributed by atoms with Crippen molar-refractivity contribution in [2.24, 2.45) is 0 Å². The summed E-state index contributed by atoms with van der Waals surface area (Å²) in [5.41, 5.74) is 1.41. The van der Waals surface area contributed by atoms with Gasteiger partial charge in [-0.25, -0.2) is 14.3 Å². The Morgan fingerprint density at radius 3 is 2.76 bits per heavy atom. The summed E-state index contributed by atoms with van der Waals surface area (Å²) in [6, 6.07) is 0.209. The Morgan fingerprint density at radius 2 is 2.00 bits per heavy atom. The third-order valence-corrected chi connectivity index (χ3v) is 5.24. The average molecular weight is 345 g/mol. The Morgan fingerprint density at radius 1 is 1.20 bits per heavy atom. The summed E-state index contributed by atoms with van der Waals surface area (Å²) in [6.07, 6.45) is 8.24. The van der Waals surface area contributed by atoms with E-state index in [0.717, 1.165) is 25.2 Å². The number of β-amino-alcohol motifs (C(OH)–C–C–N with tert-alkyl or cyclic N) is 1. The van der Waals surface area contributed by atoms with Gasteiger partial charge in [0.2, 0.25) is 0 Å². The third-order valence-electron chi connectivity index (χ3n) is 5.24. The van der Waals surface area contributed by atoms with Crippen molar-refractivity contribution in [3.63, 3.8) is 0 Å². The maximum atomic E-state index is 11.1. The second-order valence-corrected chi connectivity index (χ2v) is 7.02. The monoisotopic (exact) mass is 345 g/mol. The van der Waals surface area contributed by atoms with Gasteiger partial charge in [0, 0.05) is 43.6 Å². The second kappa shape index (κ2) is 6.70. The summed E-state index contributed by atoms with van der Waals surface area (Å²) in [4.78, 5) is 20.0. The zero-order chi connectivity index (χ0) is 17.4.